The molecule has 17 heavy (non-hydrogen) atoms. The minimum absolute atomic E-state index is 0.668. The fraction of sp³-hybridized carbons (Fsp3) is 0.600. The summed E-state index contributed by atoms with van der Waals surface area (Å²) in [5.41, 5.74) is 2.80. The molecule has 0 spiro atoms. The zero-order valence-electron chi connectivity index (χ0n) is 11.1. The van der Waals surface area contributed by atoms with Gasteiger partial charge in [-0.15, -0.1) is 0 Å². The van der Waals surface area contributed by atoms with Gasteiger partial charge in [-0.25, -0.2) is 0 Å². The highest BCUT2D eigenvalue weighted by Crippen LogP contribution is 2.11. The maximum atomic E-state index is 3.58. The predicted octanol–water partition coefficient (Wildman–Crippen LogP) is 2.57. The van der Waals surface area contributed by atoms with Gasteiger partial charge in [-0.1, -0.05) is 24.3 Å². The number of nitrogens with one attached hydrogen (secondary N) is 1. The topological polar surface area (TPSA) is 15.3 Å². The summed E-state index contributed by atoms with van der Waals surface area (Å²) in [5.74, 6) is 0. The van der Waals surface area contributed by atoms with Gasteiger partial charge in [0.15, 0.2) is 0 Å². The van der Waals surface area contributed by atoms with E-state index in [1.54, 1.807) is 0 Å². The van der Waals surface area contributed by atoms with E-state index in [1.807, 2.05) is 0 Å². The van der Waals surface area contributed by atoms with Crippen molar-refractivity contribution in [3.63, 3.8) is 0 Å². The molecule has 1 unspecified atom stereocenters. The van der Waals surface area contributed by atoms with Crippen molar-refractivity contribution in [1.82, 2.24) is 10.2 Å². The van der Waals surface area contributed by atoms with E-state index < -0.39 is 0 Å². The molecule has 0 bridgehead atoms. The molecule has 1 saturated heterocycles. The molecule has 1 aliphatic heterocycles. The van der Waals surface area contributed by atoms with Crippen molar-refractivity contribution in [3.05, 3.63) is 35.4 Å². The zero-order valence-corrected chi connectivity index (χ0v) is 11.1. The van der Waals surface area contributed by atoms with Crippen molar-refractivity contribution in [2.24, 2.45) is 0 Å². The normalized spacial score (nSPS) is 18.5. The van der Waals surface area contributed by atoms with Crippen molar-refractivity contribution >= 4 is 0 Å². The quantitative estimate of drug-likeness (QED) is 0.839. The fourth-order valence-corrected chi connectivity index (χ4v) is 2.54. The molecule has 1 heterocycles. The van der Waals surface area contributed by atoms with Gasteiger partial charge in [0, 0.05) is 19.1 Å². The van der Waals surface area contributed by atoms with E-state index in [4.69, 9.17) is 0 Å². The third-order valence-electron chi connectivity index (χ3n) is 3.78. The molecule has 0 saturated carbocycles. The Morgan fingerprint density at radius 3 is 2.65 bits per heavy atom. The minimum atomic E-state index is 0.668. The van der Waals surface area contributed by atoms with Gasteiger partial charge >= 0.3 is 0 Å². The van der Waals surface area contributed by atoms with Crippen LogP contribution in [0.5, 0.6) is 0 Å². The molecule has 0 radical (unpaired) electrons. The Bertz CT molecular complexity index is 343. The highest BCUT2D eigenvalue weighted by atomic mass is 15.2. The maximum Gasteiger partial charge on any atom is 0.0208 e. The highest BCUT2D eigenvalue weighted by molar-refractivity contribution is 5.25. The second-order valence-corrected chi connectivity index (χ2v) is 5.15. The average Bonchev–Trinajstić information content (AvgIpc) is 2.85. The van der Waals surface area contributed by atoms with E-state index in [1.165, 1.54) is 37.1 Å². The summed E-state index contributed by atoms with van der Waals surface area (Å²) in [6.45, 7) is 9.16. The molecule has 94 valence electrons. The van der Waals surface area contributed by atoms with Crippen molar-refractivity contribution < 1.29 is 0 Å². The van der Waals surface area contributed by atoms with E-state index in [0.717, 1.165) is 13.1 Å². The molecular weight excluding hydrogens is 208 g/mol. The molecule has 2 heteroatoms. The summed E-state index contributed by atoms with van der Waals surface area (Å²) in [6.07, 6.45) is 2.75. The summed E-state index contributed by atoms with van der Waals surface area (Å²) in [5, 5.41) is 3.58. The third-order valence-corrected chi connectivity index (χ3v) is 3.78. The molecule has 0 aromatic heterocycles. The predicted molar refractivity (Wildman–Crippen MR) is 73.2 cm³/mol. The van der Waals surface area contributed by atoms with Crippen LogP contribution in [0.2, 0.25) is 0 Å². The number of aryl methyl sites for hydroxylation is 1. The third kappa shape index (κ3) is 3.55. The first kappa shape index (κ1) is 12.6. The number of benzene rings is 1. The number of rotatable bonds is 5. The molecule has 1 aliphatic rings. The van der Waals surface area contributed by atoms with Crippen molar-refractivity contribution in [3.8, 4) is 0 Å². The number of hydrogen-bond acceptors (Lipinski definition) is 2. The lowest BCUT2D eigenvalue weighted by molar-refractivity contribution is 0.251. The standard InChI is InChI=1S/C15H24N2/c1-13-7-3-4-8-15(13)12-16-11-14(2)17-9-5-6-10-17/h3-4,7-8,14,16H,5-6,9-12H2,1-2H3. The summed E-state index contributed by atoms with van der Waals surface area (Å²) < 4.78 is 0. The van der Waals surface area contributed by atoms with Gasteiger partial charge in [-0.05, 0) is 50.9 Å². The SMILES string of the molecule is Cc1ccccc1CNCC(C)N1CCCC1. The van der Waals surface area contributed by atoms with Gasteiger partial charge in [0.25, 0.3) is 0 Å². The van der Waals surface area contributed by atoms with Crippen LogP contribution in [0.15, 0.2) is 24.3 Å². The Labute approximate surface area is 105 Å². The van der Waals surface area contributed by atoms with Crippen molar-refractivity contribution in [2.45, 2.75) is 39.3 Å². The minimum Gasteiger partial charge on any atom is -0.311 e. The Morgan fingerprint density at radius 2 is 1.94 bits per heavy atom. The first-order valence-corrected chi connectivity index (χ1v) is 6.76. The van der Waals surface area contributed by atoms with Crippen LogP contribution in [0, 0.1) is 6.92 Å². The lowest BCUT2D eigenvalue weighted by Crippen LogP contribution is -2.38. The van der Waals surface area contributed by atoms with Gasteiger partial charge in [0.1, 0.15) is 0 Å². The van der Waals surface area contributed by atoms with E-state index >= 15 is 0 Å². The number of likely N-dealkylation sites (tertiary alicyclic amines) is 1. The number of nitrogens with zero attached hydrogens (tertiary/aromatic N) is 1. The van der Waals surface area contributed by atoms with Crippen LogP contribution >= 0.6 is 0 Å². The average molecular weight is 232 g/mol. The summed E-state index contributed by atoms with van der Waals surface area (Å²) in [6, 6.07) is 9.28. The summed E-state index contributed by atoms with van der Waals surface area (Å²) >= 11 is 0. The molecule has 1 N–H and O–H groups in total. The van der Waals surface area contributed by atoms with Gasteiger partial charge in [0.05, 0.1) is 0 Å². The number of hydrogen-bond donors (Lipinski definition) is 1. The van der Waals surface area contributed by atoms with Crippen molar-refractivity contribution in [2.75, 3.05) is 19.6 Å². The Balaban J connectivity index is 1.74. The first-order chi connectivity index (χ1) is 8.27. The van der Waals surface area contributed by atoms with Gasteiger partial charge < -0.3 is 5.32 Å². The zero-order chi connectivity index (χ0) is 12.1. The van der Waals surface area contributed by atoms with Crippen LogP contribution < -0.4 is 5.32 Å². The molecule has 1 atom stereocenters. The summed E-state index contributed by atoms with van der Waals surface area (Å²) in [4.78, 5) is 2.59. The molecular formula is C15H24N2. The highest BCUT2D eigenvalue weighted by Gasteiger charge is 2.17. The van der Waals surface area contributed by atoms with Crippen LogP contribution in [0.1, 0.15) is 30.9 Å². The van der Waals surface area contributed by atoms with Gasteiger partial charge in [-0.3, -0.25) is 4.90 Å². The smallest absolute Gasteiger partial charge is 0.0208 e. The lowest BCUT2D eigenvalue weighted by atomic mass is 10.1. The van der Waals surface area contributed by atoms with Crippen molar-refractivity contribution in [1.29, 1.82) is 0 Å². The maximum absolute atomic E-state index is 3.58. The fourth-order valence-electron chi connectivity index (χ4n) is 2.54. The molecule has 1 fully saturated rings. The van der Waals surface area contributed by atoms with Gasteiger partial charge in [-0.2, -0.15) is 0 Å². The van der Waals surface area contributed by atoms with Crippen LogP contribution in [-0.2, 0) is 6.54 Å². The first-order valence-electron chi connectivity index (χ1n) is 6.76. The largest absolute Gasteiger partial charge is 0.311 e. The Hall–Kier alpha value is -0.860. The Kier molecular flexibility index (Phi) is 4.57. The van der Waals surface area contributed by atoms with Crippen LogP contribution in [0.3, 0.4) is 0 Å². The lowest BCUT2D eigenvalue weighted by Gasteiger charge is -2.24. The molecule has 1 aromatic carbocycles. The molecule has 2 rings (SSSR count). The van der Waals surface area contributed by atoms with E-state index in [9.17, 15) is 0 Å². The van der Waals surface area contributed by atoms with E-state index in [2.05, 4.69) is 48.3 Å². The van der Waals surface area contributed by atoms with E-state index in [0.29, 0.717) is 6.04 Å². The monoisotopic (exact) mass is 232 g/mol. The van der Waals surface area contributed by atoms with Crippen LogP contribution in [0.25, 0.3) is 0 Å². The molecule has 1 aromatic rings. The second kappa shape index (κ2) is 6.18. The second-order valence-electron chi connectivity index (χ2n) is 5.15. The van der Waals surface area contributed by atoms with Crippen LogP contribution in [-0.4, -0.2) is 30.6 Å². The molecule has 0 aliphatic carbocycles. The molecule has 0 amide bonds. The summed E-state index contributed by atoms with van der Waals surface area (Å²) in [7, 11) is 0. The van der Waals surface area contributed by atoms with Crippen LogP contribution in [0.4, 0.5) is 0 Å². The van der Waals surface area contributed by atoms with Gasteiger partial charge in [0.2, 0.25) is 0 Å². The Morgan fingerprint density at radius 1 is 1.24 bits per heavy atom. The van der Waals surface area contributed by atoms with E-state index in [-0.39, 0.29) is 0 Å². The molecule has 2 nitrogen and oxygen atoms in total.